The fourth-order valence-corrected chi connectivity index (χ4v) is 4.65. The Balaban J connectivity index is 1.80. The van der Waals surface area contributed by atoms with Gasteiger partial charge in [0.05, 0.1) is 12.2 Å². The molecule has 3 aromatic rings. The number of anilines is 1. The van der Waals surface area contributed by atoms with E-state index in [0.717, 1.165) is 36.3 Å². The van der Waals surface area contributed by atoms with E-state index in [2.05, 4.69) is 22.0 Å². The fraction of sp³-hybridized carbons (Fsp3) is 0.280. The van der Waals surface area contributed by atoms with E-state index in [4.69, 9.17) is 14.8 Å². The molecular formula is C25H23N5O2S. The molecule has 0 bridgehead atoms. The first-order chi connectivity index (χ1) is 16.2. The number of hydrogen-bond acceptors (Lipinski definition) is 8. The summed E-state index contributed by atoms with van der Waals surface area (Å²) in [5.41, 5.74) is 4.18. The lowest BCUT2D eigenvalue weighted by Gasteiger charge is -2.33. The highest BCUT2D eigenvalue weighted by Crippen LogP contribution is 2.40. The quantitative estimate of drug-likeness (QED) is 0.505. The fourth-order valence-electron chi connectivity index (χ4n) is 3.61. The van der Waals surface area contributed by atoms with Crippen molar-refractivity contribution in [3.8, 4) is 29.0 Å². The Bertz CT molecular complexity index is 1230. The Morgan fingerprint density at radius 3 is 2.48 bits per heavy atom. The van der Waals surface area contributed by atoms with Crippen molar-refractivity contribution >= 4 is 17.6 Å². The van der Waals surface area contributed by atoms with Gasteiger partial charge in [0, 0.05) is 36.3 Å². The third-order valence-corrected chi connectivity index (χ3v) is 6.53. The molecule has 0 aliphatic carbocycles. The molecule has 0 atom stereocenters. The summed E-state index contributed by atoms with van der Waals surface area (Å²) in [5, 5.41) is 29.8. The number of thioether (sulfide) groups is 1. The van der Waals surface area contributed by atoms with E-state index in [1.165, 1.54) is 11.8 Å². The molecule has 1 aliphatic rings. The highest BCUT2D eigenvalue weighted by Gasteiger charge is 2.27. The number of nitriles is 2. The molecule has 7 nitrogen and oxygen atoms in total. The van der Waals surface area contributed by atoms with Crippen LogP contribution in [0.15, 0.2) is 47.6 Å². The molecule has 0 saturated carbocycles. The van der Waals surface area contributed by atoms with Crippen LogP contribution in [0.25, 0.3) is 11.1 Å². The predicted molar refractivity (Wildman–Crippen MR) is 127 cm³/mol. The average Bonchev–Trinajstić information content (AvgIpc) is 2.81. The van der Waals surface area contributed by atoms with Gasteiger partial charge in [-0.1, -0.05) is 18.2 Å². The smallest absolute Gasteiger partial charge is 0.148 e. The molecule has 1 aliphatic heterocycles. The van der Waals surface area contributed by atoms with Crippen LogP contribution in [-0.4, -0.2) is 41.4 Å². The highest BCUT2D eigenvalue weighted by atomic mass is 32.2. The van der Waals surface area contributed by atoms with Gasteiger partial charge in [-0.05, 0) is 42.7 Å². The number of nitrogens with zero attached hydrogens (tertiary/aromatic N) is 5. The highest BCUT2D eigenvalue weighted by molar-refractivity contribution is 7.98. The van der Waals surface area contributed by atoms with Gasteiger partial charge in [-0.15, -0.1) is 11.8 Å². The minimum atomic E-state index is -0.0700. The third kappa shape index (κ3) is 4.78. The molecule has 1 N–H and O–H groups in total. The Hall–Kier alpha value is -3.59. The van der Waals surface area contributed by atoms with Crippen molar-refractivity contribution in [3.05, 3.63) is 65.0 Å². The number of ether oxygens (including phenoxy) is 1. The lowest BCUT2D eigenvalue weighted by Crippen LogP contribution is -2.38. The molecule has 1 fully saturated rings. The predicted octanol–water partition coefficient (Wildman–Crippen LogP) is 4.07. The molecule has 1 saturated heterocycles. The summed E-state index contributed by atoms with van der Waals surface area (Å²) in [4.78, 5) is 11.2. The molecule has 8 heteroatoms. The van der Waals surface area contributed by atoms with Crippen LogP contribution in [0, 0.1) is 29.6 Å². The number of aliphatic hydroxyl groups is 1. The lowest BCUT2D eigenvalue weighted by molar-refractivity contribution is 0.201. The summed E-state index contributed by atoms with van der Waals surface area (Å²) in [6.07, 6.45) is 2.81. The van der Waals surface area contributed by atoms with E-state index in [-0.39, 0.29) is 13.2 Å². The minimum Gasteiger partial charge on any atom is -0.491 e. The van der Waals surface area contributed by atoms with Crippen LogP contribution in [-0.2, 0) is 5.75 Å². The molecule has 2 aromatic heterocycles. The number of rotatable bonds is 8. The van der Waals surface area contributed by atoms with E-state index in [1.54, 1.807) is 18.3 Å². The molecule has 0 amide bonds. The van der Waals surface area contributed by atoms with E-state index in [9.17, 15) is 10.5 Å². The first kappa shape index (κ1) is 22.6. The SMILES string of the molecule is Cc1ncccc1CSc1nc(N2CCC2)c(C#N)c(-c2ccc(OCCO)cc2)c1C#N. The summed E-state index contributed by atoms with van der Waals surface area (Å²) >= 11 is 1.49. The second-order valence-electron chi connectivity index (χ2n) is 7.56. The van der Waals surface area contributed by atoms with E-state index >= 15 is 0 Å². The van der Waals surface area contributed by atoms with Crippen molar-refractivity contribution in [3.63, 3.8) is 0 Å². The summed E-state index contributed by atoms with van der Waals surface area (Å²) in [6, 6.07) is 15.8. The van der Waals surface area contributed by atoms with Crippen molar-refractivity contribution in [2.75, 3.05) is 31.2 Å². The van der Waals surface area contributed by atoms with Crippen molar-refractivity contribution in [2.24, 2.45) is 0 Å². The van der Waals surface area contributed by atoms with Crippen LogP contribution in [0.5, 0.6) is 5.75 Å². The Morgan fingerprint density at radius 1 is 1.12 bits per heavy atom. The van der Waals surface area contributed by atoms with Gasteiger partial charge >= 0.3 is 0 Å². The van der Waals surface area contributed by atoms with Crippen LogP contribution >= 0.6 is 11.8 Å². The average molecular weight is 458 g/mol. The molecule has 1 aromatic carbocycles. The number of hydrogen-bond donors (Lipinski definition) is 1. The maximum atomic E-state index is 10.1. The van der Waals surface area contributed by atoms with E-state index in [0.29, 0.717) is 39.0 Å². The van der Waals surface area contributed by atoms with Gasteiger partial charge in [0.15, 0.2) is 0 Å². The van der Waals surface area contributed by atoms with Crippen LogP contribution in [0.2, 0.25) is 0 Å². The summed E-state index contributed by atoms with van der Waals surface area (Å²) in [6.45, 7) is 3.78. The van der Waals surface area contributed by atoms with Crippen LogP contribution < -0.4 is 9.64 Å². The maximum Gasteiger partial charge on any atom is 0.148 e. The molecule has 0 radical (unpaired) electrons. The van der Waals surface area contributed by atoms with E-state index < -0.39 is 0 Å². The zero-order valence-electron chi connectivity index (χ0n) is 18.3. The standard InChI is InChI=1S/C25H23N5O2S/c1-17-19(4-2-9-28-17)16-33-25-22(15-27)23(18-5-7-20(8-6-18)32-13-12-31)21(14-26)24(29-25)30-10-3-11-30/h2,4-9,31H,3,10-13,16H2,1H3. The Kier molecular flexibility index (Phi) is 7.09. The second-order valence-corrected chi connectivity index (χ2v) is 8.53. The first-order valence-electron chi connectivity index (χ1n) is 10.7. The number of benzene rings is 1. The van der Waals surface area contributed by atoms with Gasteiger partial charge in [-0.2, -0.15) is 10.5 Å². The van der Waals surface area contributed by atoms with E-state index in [1.807, 2.05) is 31.2 Å². The van der Waals surface area contributed by atoms with Gasteiger partial charge in [-0.3, -0.25) is 4.98 Å². The van der Waals surface area contributed by atoms with Crippen LogP contribution in [0.4, 0.5) is 5.82 Å². The third-order valence-electron chi connectivity index (χ3n) is 5.51. The summed E-state index contributed by atoms with van der Waals surface area (Å²) < 4.78 is 5.46. The number of aryl methyl sites for hydroxylation is 1. The molecule has 166 valence electrons. The van der Waals surface area contributed by atoms with Crippen molar-refractivity contribution in [2.45, 2.75) is 24.1 Å². The van der Waals surface area contributed by atoms with Crippen molar-refractivity contribution in [1.82, 2.24) is 9.97 Å². The van der Waals surface area contributed by atoms with Gasteiger partial charge in [0.25, 0.3) is 0 Å². The monoisotopic (exact) mass is 457 g/mol. The molecule has 0 spiro atoms. The van der Waals surface area contributed by atoms with Gasteiger partial charge in [0.2, 0.25) is 0 Å². The Morgan fingerprint density at radius 2 is 1.88 bits per heavy atom. The van der Waals surface area contributed by atoms with Gasteiger partial charge in [0.1, 0.15) is 40.9 Å². The topological polar surface area (TPSA) is 106 Å². The molecule has 3 heterocycles. The van der Waals surface area contributed by atoms with Crippen LogP contribution in [0.3, 0.4) is 0 Å². The second kappa shape index (κ2) is 10.4. The summed E-state index contributed by atoms with van der Waals surface area (Å²) in [5.74, 6) is 1.87. The zero-order chi connectivity index (χ0) is 23.2. The molecular weight excluding hydrogens is 434 g/mol. The molecule has 0 unspecified atom stereocenters. The number of aromatic nitrogens is 2. The molecule has 33 heavy (non-hydrogen) atoms. The number of pyridine rings is 2. The minimum absolute atomic E-state index is 0.0700. The maximum absolute atomic E-state index is 10.1. The first-order valence-corrected chi connectivity index (χ1v) is 11.6. The van der Waals surface area contributed by atoms with Gasteiger partial charge < -0.3 is 14.7 Å². The van der Waals surface area contributed by atoms with Crippen LogP contribution in [0.1, 0.15) is 28.8 Å². The van der Waals surface area contributed by atoms with Gasteiger partial charge in [-0.25, -0.2) is 4.98 Å². The lowest BCUT2D eigenvalue weighted by atomic mass is 9.96. The summed E-state index contributed by atoms with van der Waals surface area (Å²) in [7, 11) is 0. The normalized spacial score (nSPS) is 12.5. The molecule has 4 rings (SSSR count). The Labute approximate surface area is 197 Å². The number of aliphatic hydroxyl groups excluding tert-OH is 1. The largest absolute Gasteiger partial charge is 0.491 e. The van der Waals surface area contributed by atoms with Crippen molar-refractivity contribution < 1.29 is 9.84 Å². The zero-order valence-corrected chi connectivity index (χ0v) is 19.1. The van der Waals surface area contributed by atoms with Crippen molar-refractivity contribution in [1.29, 1.82) is 10.5 Å².